The highest BCUT2D eigenvalue weighted by molar-refractivity contribution is 6.22. The van der Waals surface area contributed by atoms with Gasteiger partial charge in [-0.1, -0.05) is 12.2 Å². The molecule has 0 aromatic heterocycles. The lowest BCUT2D eigenvalue weighted by Crippen LogP contribution is -2.30. The van der Waals surface area contributed by atoms with Crippen LogP contribution in [0, 0.1) is 22.0 Å². The van der Waals surface area contributed by atoms with Gasteiger partial charge in [-0.05, 0) is 49.2 Å². The first kappa shape index (κ1) is 18.5. The van der Waals surface area contributed by atoms with Gasteiger partial charge in [-0.25, -0.2) is 4.79 Å². The number of benzene rings is 2. The van der Waals surface area contributed by atoms with Crippen LogP contribution in [-0.4, -0.2) is 22.7 Å². The number of allylic oxidation sites excluding steroid dienone is 2. The summed E-state index contributed by atoms with van der Waals surface area (Å²) in [5.41, 5.74) is 0.479. The molecule has 0 unspecified atom stereocenters. The van der Waals surface area contributed by atoms with E-state index in [4.69, 9.17) is 4.74 Å². The zero-order chi connectivity index (χ0) is 20.5. The second-order valence-corrected chi connectivity index (χ2v) is 6.86. The molecule has 1 aliphatic heterocycles. The van der Waals surface area contributed by atoms with E-state index in [1.807, 2.05) is 12.2 Å². The number of fused-ring (bicyclic) bond motifs is 1. The molecule has 8 heteroatoms. The zero-order valence-corrected chi connectivity index (χ0v) is 15.2. The molecule has 29 heavy (non-hydrogen) atoms. The van der Waals surface area contributed by atoms with E-state index in [9.17, 15) is 24.5 Å². The molecule has 1 heterocycles. The molecule has 1 fully saturated rings. The first-order chi connectivity index (χ1) is 14.0. The lowest BCUT2D eigenvalue weighted by Gasteiger charge is -2.15. The van der Waals surface area contributed by atoms with Gasteiger partial charge in [0.1, 0.15) is 5.75 Å². The fourth-order valence-corrected chi connectivity index (χ4v) is 3.60. The minimum absolute atomic E-state index is 0.124. The maximum atomic E-state index is 12.6. The van der Waals surface area contributed by atoms with E-state index in [-0.39, 0.29) is 40.7 Å². The van der Waals surface area contributed by atoms with Crippen LogP contribution in [0.5, 0.6) is 5.75 Å². The van der Waals surface area contributed by atoms with Gasteiger partial charge in [0.2, 0.25) is 11.8 Å². The van der Waals surface area contributed by atoms with Crippen molar-refractivity contribution >= 4 is 29.2 Å². The number of esters is 1. The van der Waals surface area contributed by atoms with Crippen LogP contribution in [0.25, 0.3) is 0 Å². The van der Waals surface area contributed by atoms with Crippen molar-refractivity contribution in [3.63, 3.8) is 0 Å². The Bertz CT molecular complexity index is 1000. The number of imide groups is 1. The van der Waals surface area contributed by atoms with E-state index in [0.717, 1.165) is 0 Å². The topological polar surface area (TPSA) is 107 Å². The number of ether oxygens (including phenoxy) is 1. The molecular formula is C21H16N2O6. The number of non-ortho nitro benzene ring substituents is 1. The van der Waals surface area contributed by atoms with Gasteiger partial charge >= 0.3 is 5.97 Å². The molecule has 2 atom stereocenters. The predicted octanol–water partition coefficient (Wildman–Crippen LogP) is 3.27. The Morgan fingerprint density at radius 3 is 2.00 bits per heavy atom. The number of hydrogen-bond acceptors (Lipinski definition) is 6. The van der Waals surface area contributed by atoms with Crippen LogP contribution >= 0.6 is 0 Å². The molecule has 0 radical (unpaired) electrons. The van der Waals surface area contributed by atoms with Crippen LogP contribution < -0.4 is 9.64 Å². The Morgan fingerprint density at radius 2 is 1.48 bits per heavy atom. The molecule has 8 nitrogen and oxygen atoms in total. The van der Waals surface area contributed by atoms with E-state index in [2.05, 4.69) is 0 Å². The van der Waals surface area contributed by atoms with Gasteiger partial charge in [-0.15, -0.1) is 0 Å². The average Bonchev–Trinajstić information content (AvgIpc) is 2.99. The van der Waals surface area contributed by atoms with Crippen LogP contribution in [0.4, 0.5) is 11.4 Å². The van der Waals surface area contributed by atoms with Crippen LogP contribution in [0.1, 0.15) is 23.2 Å². The third-order valence-electron chi connectivity index (χ3n) is 5.13. The molecule has 0 saturated carbocycles. The molecule has 4 rings (SSSR count). The fraction of sp³-hybridized carbons (Fsp3) is 0.190. The zero-order valence-electron chi connectivity index (χ0n) is 15.2. The predicted molar refractivity (Wildman–Crippen MR) is 102 cm³/mol. The monoisotopic (exact) mass is 392 g/mol. The quantitative estimate of drug-likeness (QED) is 0.197. The normalized spacial score (nSPS) is 20.5. The Kier molecular flexibility index (Phi) is 4.67. The molecule has 0 bridgehead atoms. The Morgan fingerprint density at radius 1 is 0.931 bits per heavy atom. The maximum absolute atomic E-state index is 12.6. The minimum atomic E-state index is -0.668. The van der Waals surface area contributed by atoms with E-state index in [0.29, 0.717) is 18.5 Å². The summed E-state index contributed by atoms with van der Waals surface area (Å²) in [5, 5.41) is 10.7. The summed E-state index contributed by atoms with van der Waals surface area (Å²) >= 11 is 0. The molecule has 0 spiro atoms. The molecule has 1 saturated heterocycles. The molecule has 0 N–H and O–H groups in total. The standard InChI is InChI=1S/C21H16N2O6/c24-19-17-3-1-2-4-18(17)20(25)22(19)14-9-11-16(12-10-14)29-21(26)13-5-7-15(8-6-13)23(27)28/h1-2,5-12,17-18H,3-4H2/t17-,18+. The molecule has 146 valence electrons. The highest BCUT2D eigenvalue weighted by atomic mass is 16.6. The van der Waals surface area contributed by atoms with Gasteiger partial charge in [0.25, 0.3) is 5.69 Å². The Balaban J connectivity index is 1.47. The third kappa shape index (κ3) is 3.40. The van der Waals surface area contributed by atoms with Crippen LogP contribution in [0.3, 0.4) is 0 Å². The molecule has 1 aliphatic carbocycles. The SMILES string of the molecule is O=C(Oc1ccc(N2C(=O)[C@H]3CC=CC[C@H]3C2=O)cc1)c1ccc([N+](=O)[O-])cc1. The summed E-state index contributed by atoms with van der Waals surface area (Å²) in [5.74, 6) is -1.48. The number of amides is 2. The average molecular weight is 392 g/mol. The van der Waals surface area contributed by atoms with Gasteiger partial charge in [0, 0.05) is 12.1 Å². The summed E-state index contributed by atoms with van der Waals surface area (Å²) in [4.78, 5) is 48.7. The third-order valence-corrected chi connectivity index (χ3v) is 5.13. The molecular weight excluding hydrogens is 376 g/mol. The summed E-state index contributed by atoms with van der Waals surface area (Å²) in [6, 6.07) is 11.2. The minimum Gasteiger partial charge on any atom is -0.423 e. The van der Waals surface area contributed by atoms with E-state index < -0.39 is 10.9 Å². The van der Waals surface area contributed by atoms with Crippen LogP contribution in [0.2, 0.25) is 0 Å². The maximum Gasteiger partial charge on any atom is 0.343 e. The molecule has 2 aromatic rings. The Labute approximate surface area is 165 Å². The van der Waals surface area contributed by atoms with Gasteiger partial charge in [0.15, 0.2) is 0 Å². The molecule has 2 aliphatic rings. The van der Waals surface area contributed by atoms with Gasteiger partial charge in [0.05, 0.1) is 28.0 Å². The number of nitro benzene ring substituents is 1. The number of carbonyl (C=O) groups excluding carboxylic acids is 3. The van der Waals surface area contributed by atoms with Crippen molar-refractivity contribution < 1.29 is 24.0 Å². The van der Waals surface area contributed by atoms with Crippen molar-refractivity contribution in [2.75, 3.05) is 4.90 Å². The molecule has 2 aromatic carbocycles. The summed E-state index contributed by atoms with van der Waals surface area (Å²) in [6.07, 6.45) is 4.99. The first-order valence-corrected chi connectivity index (χ1v) is 9.05. The number of hydrogen-bond donors (Lipinski definition) is 0. The summed E-state index contributed by atoms with van der Waals surface area (Å²) < 4.78 is 5.26. The molecule has 2 amide bonds. The summed E-state index contributed by atoms with van der Waals surface area (Å²) in [7, 11) is 0. The number of nitrogens with zero attached hydrogens (tertiary/aromatic N) is 2. The number of carbonyl (C=O) groups is 3. The van der Waals surface area contributed by atoms with Gasteiger partial charge in [-0.2, -0.15) is 0 Å². The van der Waals surface area contributed by atoms with Crippen molar-refractivity contribution in [1.82, 2.24) is 0 Å². The second kappa shape index (κ2) is 7.31. The van der Waals surface area contributed by atoms with Crippen molar-refractivity contribution in [2.45, 2.75) is 12.8 Å². The fourth-order valence-electron chi connectivity index (χ4n) is 3.60. The van der Waals surface area contributed by atoms with Gasteiger partial charge in [-0.3, -0.25) is 24.6 Å². The van der Waals surface area contributed by atoms with E-state index in [1.54, 1.807) is 12.1 Å². The summed E-state index contributed by atoms with van der Waals surface area (Å²) in [6.45, 7) is 0. The van der Waals surface area contributed by atoms with Gasteiger partial charge < -0.3 is 4.74 Å². The van der Waals surface area contributed by atoms with Crippen molar-refractivity contribution in [2.24, 2.45) is 11.8 Å². The van der Waals surface area contributed by atoms with E-state index in [1.165, 1.54) is 41.3 Å². The van der Waals surface area contributed by atoms with E-state index >= 15 is 0 Å². The van der Waals surface area contributed by atoms with Crippen LogP contribution in [0.15, 0.2) is 60.7 Å². The highest BCUT2D eigenvalue weighted by Gasteiger charge is 2.47. The van der Waals surface area contributed by atoms with Crippen molar-refractivity contribution in [3.05, 3.63) is 76.4 Å². The lowest BCUT2D eigenvalue weighted by molar-refractivity contribution is -0.384. The van der Waals surface area contributed by atoms with Crippen molar-refractivity contribution in [1.29, 1.82) is 0 Å². The lowest BCUT2D eigenvalue weighted by atomic mass is 9.85. The van der Waals surface area contributed by atoms with Crippen molar-refractivity contribution in [3.8, 4) is 5.75 Å². The smallest absolute Gasteiger partial charge is 0.343 e. The largest absolute Gasteiger partial charge is 0.423 e. The highest BCUT2D eigenvalue weighted by Crippen LogP contribution is 2.38. The number of anilines is 1. The Hall–Kier alpha value is -3.81. The number of rotatable bonds is 4. The van der Waals surface area contributed by atoms with Crippen LogP contribution in [-0.2, 0) is 9.59 Å². The second-order valence-electron chi connectivity index (χ2n) is 6.86. The number of nitro groups is 1. The first-order valence-electron chi connectivity index (χ1n) is 9.05.